The van der Waals surface area contributed by atoms with E-state index in [-0.39, 0.29) is 22.1 Å². The van der Waals surface area contributed by atoms with Crippen molar-refractivity contribution in [3.8, 4) is 0 Å². The molecular formula is C14H22N2O3S. The van der Waals surface area contributed by atoms with Gasteiger partial charge in [-0.3, -0.25) is 4.79 Å². The smallest absolute Gasteiger partial charge is 0.252 e. The van der Waals surface area contributed by atoms with Crippen molar-refractivity contribution in [3.63, 3.8) is 0 Å². The summed E-state index contributed by atoms with van der Waals surface area (Å²) in [5.41, 5.74) is 0.213. The number of benzene rings is 1. The summed E-state index contributed by atoms with van der Waals surface area (Å²) < 4.78 is 23.9. The highest BCUT2D eigenvalue weighted by Crippen LogP contribution is 2.16. The molecule has 0 saturated heterocycles. The SMILES string of the molecule is CCCNCCNC(=O)c1ccccc1S(=O)(=O)CC. The molecule has 0 bridgehead atoms. The maximum Gasteiger partial charge on any atom is 0.252 e. The lowest BCUT2D eigenvalue weighted by molar-refractivity contribution is 0.0950. The van der Waals surface area contributed by atoms with Gasteiger partial charge in [0.2, 0.25) is 0 Å². The molecule has 112 valence electrons. The first-order chi connectivity index (χ1) is 9.53. The predicted molar refractivity (Wildman–Crippen MR) is 79.7 cm³/mol. The van der Waals surface area contributed by atoms with Crippen molar-refractivity contribution >= 4 is 15.7 Å². The maximum atomic E-state index is 12.1. The molecular weight excluding hydrogens is 276 g/mol. The fraction of sp³-hybridized carbons (Fsp3) is 0.500. The molecule has 0 aliphatic heterocycles. The number of amides is 1. The van der Waals surface area contributed by atoms with Crippen molar-refractivity contribution in [1.29, 1.82) is 0 Å². The zero-order valence-electron chi connectivity index (χ0n) is 12.0. The quantitative estimate of drug-likeness (QED) is 0.707. The minimum absolute atomic E-state index is 0.0185. The Morgan fingerprint density at radius 1 is 1.10 bits per heavy atom. The van der Waals surface area contributed by atoms with Crippen LogP contribution in [0, 0.1) is 0 Å². The molecule has 0 unspecified atom stereocenters. The molecule has 1 aromatic rings. The van der Waals surface area contributed by atoms with Gasteiger partial charge in [-0.15, -0.1) is 0 Å². The largest absolute Gasteiger partial charge is 0.351 e. The Balaban J connectivity index is 2.74. The summed E-state index contributed by atoms with van der Waals surface area (Å²) in [7, 11) is -3.39. The third kappa shape index (κ3) is 4.61. The molecule has 0 aliphatic rings. The molecule has 5 nitrogen and oxygen atoms in total. The number of hydrogen-bond donors (Lipinski definition) is 2. The summed E-state index contributed by atoms with van der Waals surface area (Å²) in [5.74, 6) is -0.369. The molecule has 20 heavy (non-hydrogen) atoms. The van der Waals surface area contributed by atoms with Crippen LogP contribution in [-0.4, -0.2) is 39.7 Å². The standard InChI is InChI=1S/C14H22N2O3S/c1-3-9-15-10-11-16-14(17)12-7-5-6-8-13(12)20(18,19)4-2/h5-8,15H,3-4,9-11H2,1-2H3,(H,16,17). The van der Waals surface area contributed by atoms with Crippen LogP contribution in [0.2, 0.25) is 0 Å². The van der Waals surface area contributed by atoms with Gasteiger partial charge in [-0.25, -0.2) is 8.42 Å². The van der Waals surface area contributed by atoms with Crippen LogP contribution in [0.5, 0.6) is 0 Å². The van der Waals surface area contributed by atoms with Crippen LogP contribution in [-0.2, 0) is 9.84 Å². The van der Waals surface area contributed by atoms with Crippen LogP contribution in [0.25, 0.3) is 0 Å². The van der Waals surface area contributed by atoms with Crippen LogP contribution >= 0.6 is 0 Å². The van der Waals surface area contributed by atoms with Crippen LogP contribution < -0.4 is 10.6 Å². The van der Waals surface area contributed by atoms with Crippen LogP contribution in [0.1, 0.15) is 30.6 Å². The van der Waals surface area contributed by atoms with Crippen LogP contribution in [0.4, 0.5) is 0 Å². The van der Waals surface area contributed by atoms with Gasteiger partial charge in [-0.2, -0.15) is 0 Å². The molecule has 0 aromatic heterocycles. The number of nitrogens with one attached hydrogen (secondary N) is 2. The minimum Gasteiger partial charge on any atom is -0.351 e. The van der Waals surface area contributed by atoms with Gasteiger partial charge in [-0.05, 0) is 25.1 Å². The van der Waals surface area contributed by atoms with E-state index in [1.807, 2.05) is 0 Å². The Morgan fingerprint density at radius 3 is 2.45 bits per heavy atom. The van der Waals surface area contributed by atoms with Gasteiger partial charge in [0.05, 0.1) is 16.2 Å². The van der Waals surface area contributed by atoms with E-state index >= 15 is 0 Å². The molecule has 6 heteroatoms. The van der Waals surface area contributed by atoms with Gasteiger partial charge in [-0.1, -0.05) is 26.0 Å². The molecule has 0 aliphatic carbocycles. The first kappa shape index (κ1) is 16.7. The Bertz CT molecular complexity index is 541. The molecule has 1 rings (SSSR count). The van der Waals surface area contributed by atoms with Crippen molar-refractivity contribution in [3.05, 3.63) is 29.8 Å². The Morgan fingerprint density at radius 2 is 1.80 bits per heavy atom. The average Bonchev–Trinajstić information content (AvgIpc) is 2.47. The lowest BCUT2D eigenvalue weighted by Crippen LogP contribution is -2.32. The van der Waals surface area contributed by atoms with E-state index in [1.165, 1.54) is 12.1 Å². The summed E-state index contributed by atoms with van der Waals surface area (Å²) in [6.07, 6.45) is 1.03. The van der Waals surface area contributed by atoms with E-state index in [4.69, 9.17) is 0 Å². The Kier molecular flexibility index (Phi) is 6.67. The number of carbonyl (C=O) groups is 1. The third-order valence-electron chi connectivity index (χ3n) is 2.86. The van der Waals surface area contributed by atoms with E-state index < -0.39 is 9.84 Å². The topological polar surface area (TPSA) is 75.3 Å². The highest BCUT2D eigenvalue weighted by molar-refractivity contribution is 7.91. The van der Waals surface area contributed by atoms with Gasteiger partial charge >= 0.3 is 0 Å². The van der Waals surface area contributed by atoms with Crippen molar-refractivity contribution in [2.75, 3.05) is 25.4 Å². The highest BCUT2D eigenvalue weighted by atomic mass is 32.2. The molecule has 2 N–H and O–H groups in total. The molecule has 1 amide bonds. The number of rotatable bonds is 8. The summed E-state index contributed by atoms with van der Waals surface area (Å²) in [5, 5.41) is 5.89. The second kappa shape index (κ2) is 8.01. The lowest BCUT2D eigenvalue weighted by atomic mass is 10.2. The molecule has 0 fully saturated rings. The molecule has 0 saturated carbocycles. The number of sulfone groups is 1. The monoisotopic (exact) mass is 298 g/mol. The second-order valence-corrected chi connectivity index (χ2v) is 6.65. The first-order valence-electron chi connectivity index (χ1n) is 6.83. The lowest BCUT2D eigenvalue weighted by Gasteiger charge is -2.10. The summed E-state index contributed by atoms with van der Waals surface area (Å²) in [6.45, 7) is 5.68. The molecule has 0 atom stereocenters. The van der Waals surface area contributed by atoms with Crippen molar-refractivity contribution < 1.29 is 13.2 Å². The van der Waals surface area contributed by atoms with Gasteiger partial charge in [0.1, 0.15) is 0 Å². The van der Waals surface area contributed by atoms with Crippen LogP contribution in [0.15, 0.2) is 29.2 Å². The van der Waals surface area contributed by atoms with Crippen LogP contribution in [0.3, 0.4) is 0 Å². The highest BCUT2D eigenvalue weighted by Gasteiger charge is 2.19. The zero-order valence-corrected chi connectivity index (χ0v) is 12.8. The predicted octanol–water partition coefficient (Wildman–Crippen LogP) is 1.21. The fourth-order valence-corrected chi connectivity index (χ4v) is 2.84. The second-order valence-electron chi connectivity index (χ2n) is 4.41. The molecule has 1 aromatic carbocycles. The van der Waals surface area contributed by atoms with E-state index in [9.17, 15) is 13.2 Å². The number of carbonyl (C=O) groups excluding carboxylic acids is 1. The normalized spacial score (nSPS) is 11.3. The Hall–Kier alpha value is -1.40. The molecule has 0 radical (unpaired) electrons. The molecule has 0 spiro atoms. The van der Waals surface area contributed by atoms with Crippen molar-refractivity contribution in [2.45, 2.75) is 25.2 Å². The summed E-state index contributed by atoms with van der Waals surface area (Å²) in [4.78, 5) is 12.2. The van der Waals surface area contributed by atoms with E-state index in [0.717, 1.165) is 13.0 Å². The zero-order chi connectivity index (χ0) is 15.0. The van der Waals surface area contributed by atoms with Gasteiger partial charge in [0, 0.05) is 13.1 Å². The van der Waals surface area contributed by atoms with Gasteiger partial charge in [0.25, 0.3) is 5.91 Å². The Labute approximate surface area is 120 Å². The van der Waals surface area contributed by atoms with Crippen molar-refractivity contribution in [1.82, 2.24) is 10.6 Å². The van der Waals surface area contributed by atoms with Gasteiger partial charge < -0.3 is 10.6 Å². The maximum absolute atomic E-state index is 12.1. The summed E-state index contributed by atoms with van der Waals surface area (Å²) in [6, 6.07) is 6.31. The first-order valence-corrected chi connectivity index (χ1v) is 8.48. The van der Waals surface area contributed by atoms with E-state index in [0.29, 0.717) is 13.1 Å². The fourth-order valence-electron chi connectivity index (χ4n) is 1.74. The third-order valence-corrected chi connectivity index (χ3v) is 4.65. The summed E-state index contributed by atoms with van der Waals surface area (Å²) >= 11 is 0. The minimum atomic E-state index is -3.39. The molecule has 0 heterocycles. The van der Waals surface area contributed by atoms with E-state index in [1.54, 1.807) is 19.1 Å². The van der Waals surface area contributed by atoms with Gasteiger partial charge in [0.15, 0.2) is 9.84 Å². The average molecular weight is 298 g/mol. The number of hydrogen-bond acceptors (Lipinski definition) is 4. The van der Waals surface area contributed by atoms with E-state index in [2.05, 4.69) is 17.6 Å². The van der Waals surface area contributed by atoms with Crippen molar-refractivity contribution in [2.24, 2.45) is 0 Å².